The quantitative estimate of drug-likeness (QED) is 0.662. The molecule has 1 aliphatic heterocycles. The topological polar surface area (TPSA) is 50.4 Å². The van der Waals surface area contributed by atoms with Gasteiger partial charge in [-0.1, -0.05) is 6.92 Å². The zero-order chi connectivity index (χ0) is 16.3. The third-order valence-corrected chi connectivity index (χ3v) is 3.73. The van der Waals surface area contributed by atoms with E-state index in [-0.39, 0.29) is 11.9 Å². The van der Waals surface area contributed by atoms with Crippen LogP contribution >= 0.6 is 0 Å². The Balaban J connectivity index is 2.41. The van der Waals surface area contributed by atoms with Gasteiger partial charge in [0.15, 0.2) is 5.94 Å². The molecule has 0 fully saturated rings. The van der Waals surface area contributed by atoms with Crippen molar-refractivity contribution in [3.63, 3.8) is 0 Å². The fraction of sp³-hybridized carbons (Fsp3) is 0.467. The molecule has 0 bridgehead atoms. The summed E-state index contributed by atoms with van der Waals surface area (Å²) >= 11 is 0. The van der Waals surface area contributed by atoms with Crippen molar-refractivity contribution in [2.75, 3.05) is 12.4 Å². The van der Waals surface area contributed by atoms with Crippen molar-refractivity contribution in [1.82, 2.24) is 5.32 Å². The first-order chi connectivity index (χ1) is 10.4. The van der Waals surface area contributed by atoms with Crippen LogP contribution in [0.1, 0.15) is 36.9 Å². The zero-order valence-electron chi connectivity index (χ0n) is 12.3. The number of anilines is 1. The molecule has 22 heavy (non-hydrogen) atoms. The van der Waals surface area contributed by atoms with Gasteiger partial charge in [-0.05, 0) is 36.6 Å². The van der Waals surface area contributed by atoms with Crippen molar-refractivity contribution < 1.29 is 22.7 Å². The summed E-state index contributed by atoms with van der Waals surface area (Å²) in [5, 5.41) is 6.03. The molecule has 0 aromatic heterocycles. The van der Waals surface area contributed by atoms with Crippen LogP contribution < -0.4 is 10.6 Å². The summed E-state index contributed by atoms with van der Waals surface area (Å²) in [5.41, 5.74) is 0.373. The lowest BCUT2D eigenvalue weighted by Gasteiger charge is -2.34. The maximum atomic E-state index is 12.9. The summed E-state index contributed by atoms with van der Waals surface area (Å²) in [7, 11) is 1.30. The van der Waals surface area contributed by atoms with Gasteiger partial charge in [0.2, 0.25) is 0 Å². The van der Waals surface area contributed by atoms with Gasteiger partial charge < -0.3 is 15.4 Å². The fourth-order valence-electron chi connectivity index (χ4n) is 2.54. The van der Waals surface area contributed by atoms with E-state index in [4.69, 9.17) is 4.74 Å². The summed E-state index contributed by atoms with van der Waals surface area (Å²) < 4.78 is 43.5. The Kier molecular flexibility index (Phi) is 4.66. The van der Waals surface area contributed by atoms with Gasteiger partial charge in [0, 0.05) is 11.7 Å². The average molecular weight is 314 g/mol. The normalized spacial score (nSPS) is 20.4. The lowest BCUT2D eigenvalue weighted by Crippen LogP contribution is -2.34. The van der Waals surface area contributed by atoms with Crippen LogP contribution in [-0.4, -0.2) is 19.1 Å². The van der Waals surface area contributed by atoms with E-state index in [1.165, 1.54) is 13.2 Å². The number of hydrogen-bond donors (Lipinski definition) is 2. The largest absolute Gasteiger partial charge is 0.474 e. The second-order valence-electron chi connectivity index (χ2n) is 5.12. The SMILES string of the molecule is CCC1C[C@H](NC(=C=O)OC)c2cc(C(F)(F)F)ccc2N1. The maximum Gasteiger partial charge on any atom is 0.416 e. The fourth-order valence-corrected chi connectivity index (χ4v) is 2.54. The number of hydrogen-bond acceptors (Lipinski definition) is 4. The van der Waals surface area contributed by atoms with Crippen molar-refractivity contribution in [2.24, 2.45) is 0 Å². The van der Waals surface area contributed by atoms with Crippen LogP contribution in [0.5, 0.6) is 0 Å². The van der Waals surface area contributed by atoms with E-state index >= 15 is 0 Å². The summed E-state index contributed by atoms with van der Waals surface area (Å²) in [6, 6.07) is 3.23. The minimum atomic E-state index is -4.41. The molecule has 2 N–H and O–H groups in total. The van der Waals surface area contributed by atoms with Crippen LogP contribution in [0, 0.1) is 0 Å². The molecule has 1 aromatic rings. The first-order valence-electron chi connectivity index (χ1n) is 6.92. The number of nitrogens with one attached hydrogen (secondary N) is 2. The van der Waals surface area contributed by atoms with Gasteiger partial charge >= 0.3 is 6.18 Å². The molecule has 4 nitrogen and oxygen atoms in total. The van der Waals surface area contributed by atoms with Crippen LogP contribution in [0.15, 0.2) is 24.1 Å². The third kappa shape index (κ3) is 3.36. The first kappa shape index (κ1) is 16.2. The van der Waals surface area contributed by atoms with Crippen LogP contribution in [-0.2, 0) is 15.7 Å². The Bertz CT molecular complexity index is 595. The molecule has 0 amide bonds. The summed E-state index contributed by atoms with van der Waals surface area (Å²) in [5.74, 6) is 1.48. The molecule has 0 aliphatic carbocycles. The number of benzene rings is 1. The molecular formula is C15H17F3N2O2. The number of ether oxygens (including phenoxy) is 1. The van der Waals surface area contributed by atoms with Crippen molar-refractivity contribution >= 4 is 11.6 Å². The van der Waals surface area contributed by atoms with E-state index in [0.717, 1.165) is 18.6 Å². The molecule has 1 unspecified atom stereocenters. The van der Waals surface area contributed by atoms with Crippen molar-refractivity contribution in [3.8, 4) is 0 Å². The van der Waals surface area contributed by atoms with E-state index < -0.39 is 17.8 Å². The van der Waals surface area contributed by atoms with Crippen molar-refractivity contribution in [1.29, 1.82) is 0 Å². The van der Waals surface area contributed by atoms with Gasteiger partial charge in [0.25, 0.3) is 5.88 Å². The maximum absolute atomic E-state index is 12.9. The minimum absolute atomic E-state index is 0.103. The van der Waals surface area contributed by atoms with E-state index in [2.05, 4.69) is 10.6 Å². The van der Waals surface area contributed by atoms with Gasteiger partial charge in [-0.25, -0.2) is 4.79 Å². The molecule has 1 aliphatic rings. The number of carbonyl (C=O) groups excluding carboxylic acids is 1. The number of alkyl halides is 3. The Morgan fingerprint density at radius 3 is 2.77 bits per heavy atom. The molecule has 0 radical (unpaired) electrons. The highest BCUT2D eigenvalue weighted by molar-refractivity contribution is 5.58. The molecule has 0 saturated heterocycles. The zero-order valence-corrected chi connectivity index (χ0v) is 12.3. The van der Waals surface area contributed by atoms with Crippen LogP contribution in [0.3, 0.4) is 0 Å². The van der Waals surface area contributed by atoms with E-state index in [9.17, 15) is 18.0 Å². The molecule has 7 heteroatoms. The summed E-state index contributed by atoms with van der Waals surface area (Å²) in [4.78, 5) is 10.8. The highest BCUT2D eigenvalue weighted by Crippen LogP contribution is 2.38. The predicted octanol–water partition coefficient (Wildman–Crippen LogP) is 3.25. The predicted molar refractivity (Wildman–Crippen MR) is 75.9 cm³/mol. The second kappa shape index (κ2) is 6.32. The van der Waals surface area contributed by atoms with Crippen molar-refractivity contribution in [2.45, 2.75) is 38.0 Å². The average Bonchev–Trinajstić information content (AvgIpc) is 2.50. The van der Waals surface area contributed by atoms with Gasteiger partial charge in [-0.3, -0.25) is 0 Å². The summed E-state index contributed by atoms with van der Waals surface area (Å²) in [6.07, 6.45) is -3.06. The number of fused-ring (bicyclic) bond motifs is 1. The summed E-state index contributed by atoms with van der Waals surface area (Å²) in [6.45, 7) is 1.98. The third-order valence-electron chi connectivity index (χ3n) is 3.73. The molecular weight excluding hydrogens is 297 g/mol. The van der Waals surface area contributed by atoms with E-state index in [1.807, 2.05) is 6.92 Å². The first-order valence-corrected chi connectivity index (χ1v) is 6.92. The molecule has 1 heterocycles. The Morgan fingerprint density at radius 1 is 1.50 bits per heavy atom. The van der Waals surface area contributed by atoms with E-state index in [1.54, 1.807) is 5.94 Å². The Hall–Kier alpha value is -2.14. The molecule has 2 atom stereocenters. The molecule has 2 rings (SSSR count). The van der Waals surface area contributed by atoms with Gasteiger partial charge in [-0.15, -0.1) is 0 Å². The standard InChI is InChI=1S/C15H17F3N2O2/c1-3-10-7-13(20-14(8-21)22-2)11-6-9(15(16,17)18)4-5-12(11)19-10/h4-6,10,13,19-20H,3,7H2,1-2H3/t10?,13-/m0/s1. The highest BCUT2D eigenvalue weighted by atomic mass is 19.4. The highest BCUT2D eigenvalue weighted by Gasteiger charge is 2.34. The van der Waals surface area contributed by atoms with Gasteiger partial charge in [0.05, 0.1) is 18.7 Å². The van der Waals surface area contributed by atoms with Gasteiger partial charge in [0.1, 0.15) is 0 Å². The molecule has 0 saturated carbocycles. The van der Waals surface area contributed by atoms with Crippen LogP contribution in [0.2, 0.25) is 0 Å². The number of methoxy groups -OCH3 is 1. The Morgan fingerprint density at radius 2 is 2.23 bits per heavy atom. The molecule has 0 spiro atoms. The smallest absolute Gasteiger partial charge is 0.416 e. The molecule has 120 valence electrons. The van der Waals surface area contributed by atoms with Crippen LogP contribution in [0.4, 0.5) is 18.9 Å². The minimum Gasteiger partial charge on any atom is -0.474 e. The Labute approximate surface area is 126 Å². The van der Waals surface area contributed by atoms with E-state index in [0.29, 0.717) is 17.7 Å². The molecule has 1 aromatic carbocycles. The lowest BCUT2D eigenvalue weighted by molar-refractivity contribution is -0.137. The monoisotopic (exact) mass is 314 g/mol. The van der Waals surface area contributed by atoms with Crippen molar-refractivity contribution in [3.05, 3.63) is 35.2 Å². The van der Waals surface area contributed by atoms with Gasteiger partial charge in [-0.2, -0.15) is 13.2 Å². The second-order valence-corrected chi connectivity index (χ2v) is 5.12. The number of halogens is 3. The van der Waals surface area contributed by atoms with Crippen LogP contribution in [0.25, 0.3) is 0 Å². The lowest BCUT2D eigenvalue weighted by atomic mass is 9.90. The number of rotatable bonds is 4.